The highest BCUT2D eigenvalue weighted by Gasteiger charge is 2.11. The number of ether oxygens (including phenoxy) is 1. The Morgan fingerprint density at radius 1 is 1.31 bits per heavy atom. The van der Waals surface area contributed by atoms with Crippen LogP contribution in [-0.4, -0.2) is 33.8 Å². The minimum atomic E-state index is -0.178. The standard InChI is InChI=1S/C19H21ClN4O2/c1-12-14(13(2)24(3)23-12)8-10-21-18(25)11-26-17-7-6-16(20)15-5-4-9-22-19(15)17/h4-7,9H,8,10-11H2,1-3H3,(H,21,25). The Morgan fingerprint density at radius 2 is 2.12 bits per heavy atom. The van der Waals surface area contributed by atoms with Crippen LogP contribution in [0.5, 0.6) is 5.75 Å². The van der Waals surface area contributed by atoms with Crippen LogP contribution in [0.25, 0.3) is 10.9 Å². The number of hydrogen-bond acceptors (Lipinski definition) is 4. The van der Waals surface area contributed by atoms with E-state index in [-0.39, 0.29) is 12.5 Å². The molecule has 26 heavy (non-hydrogen) atoms. The second-order valence-electron chi connectivity index (χ2n) is 6.11. The molecule has 0 atom stereocenters. The molecule has 2 aromatic heterocycles. The second kappa shape index (κ2) is 7.74. The number of carbonyl (C=O) groups is 1. The summed E-state index contributed by atoms with van der Waals surface area (Å²) in [5, 5.41) is 8.66. The lowest BCUT2D eigenvalue weighted by Crippen LogP contribution is -2.30. The van der Waals surface area contributed by atoms with Gasteiger partial charge in [0.1, 0.15) is 11.3 Å². The number of nitrogens with zero attached hydrogens (tertiary/aromatic N) is 3. The molecule has 2 heterocycles. The predicted octanol–water partition coefficient (Wildman–Crippen LogP) is 2.98. The number of aromatic nitrogens is 3. The summed E-state index contributed by atoms with van der Waals surface area (Å²) >= 11 is 6.16. The summed E-state index contributed by atoms with van der Waals surface area (Å²) in [6.45, 7) is 4.47. The maximum Gasteiger partial charge on any atom is 0.257 e. The first-order chi connectivity index (χ1) is 12.5. The fourth-order valence-corrected chi connectivity index (χ4v) is 3.14. The van der Waals surface area contributed by atoms with Crippen molar-refractivity contribution in [2.24, 2.45) is 7.05 Å². The summed E-state index contributed by atoms with van der Waals surface area (Å²) in [7, 11) is 1.92. The minimum Gasteiger partial charge on any atom is -0.481 e. The van der Waals surface area contributed by atoms with Crippen LogP contribution < -0.4 is 10.1 Å². The normalized spacial score (nSPS) is 10.9. The number of rotatable bonds is 6. The molecule has 1 N–H and O–H groups in total. The highest BCUT2D eigenvalue weighted by molar-refractivity contribution is 6.35. The zero-order valence-corrected chi connectivity index (χ0v) is 15.8. The van der Waals surface area contributed by atoms with Gasteiger partial charge in [0.2, 0.25) is 0 Å². The van der Waals surface area contributed by atoms with Crippen molar-refractivity contribution in [1.29, 1.82) is 0 Å². The predicted molar refractivity (Wildman–Crippen MR) is 102 cm³/mol. The van der Waals surface area contributed by atoms with Crippen LogP contribution in [0, 0.1) is 13.8 Å². The third-order valence-corrected chi connectivity index (χ3v) is 4.72. The lowest BCUT2D eigenvalue weighted by atomic mass is 10.1. The fraction of sp³-hybridized carbons (Fsp3) is 0.316. The second-order valence-corrected chi connectivity index (χ2v) is 6.51. The van der Waals surface area contributed by atoms with Crippen LogP contribution >= 0.6 is 11.6 Å². The van der Waals surface area contributed by atoms with E-state index in [2.05, 4.69) is 15.4 Å². The number of amides is 1. The first-order valence-electron chi connectivity index (χ1n) is 8.39. The summed E-state index contributed by atoms with van der Waals surface area (Å²) in [4.78, 5) is 16.4. The molecule has 0 bridgehead atoms. The molecular weight excluding hydrogens is 352 g/mol. The van der Waals surface area contributed by atoms with E-state index in [1.807, 2.05) is 37.7 Å². The van der Waals surface area contributed by atoms with Gasteiger partial charge < -0.3 is 10.1 Å². The molecule has 0 saturated heterocycles. The van der Waals surface area contributed by atoms with Crippen LogP contribution in [0.2, 0.25) is 5.02 Å². The van der Waals surface area contributed by atoms with Gasteiger partial charge in [-0.25, -0.2) is 0 Å². The van der Waals surface area contributed by atoms with Gasteiger partial charge in [-0.1, -0.05) is 11.6 Å². The molecule has 0 radical (unpaired) electrons. The van der Waals surface area contributed by atoms with Crippen molar-refractivity contribution in [1.82, 2.24) is 20.1 Å². The third kappa shape index (κ3) is 3.80. The van der Waals surface area contributed by atoms with Crippen LogP contribution in [0.1, 0.15) is 17.0 Å². The molecule has 3 rings (SSSR count). The molecule has 0 aliphatic rings. The van der Waals surface area contributed by atoms with Gasteiger partial charge in [-0.05, 0) is 50.1 Å². The fourth-order valence-electron chi connectivity index (χ4n) is 2.93. The van der Waals surface area contributed by atoms with Crippen LogP contribution in [0.4, 0.5) is 0 Å². The van der Waals surface area contributed by atoms with E-state index in [1.165, 1.54) is 5.56 Å². The molecule has 0 aliphatic heterocycles. The Kier molecular flexibility index (Phi) is 5.42. The zero-order chi connectivity index (χ0) is 18.7. The van der Waals surface area contributed by atoms with E-state index in [1.54, 1.807) is 18.3 Å². The number of nitrogens with one attached hydrogen (secondary N) is 1. The van der Waals surface area contributed by atoms with E-state index in [4.69, 9.17) is 16.3 Å². The lowest BCUT2D eigenvalue weighted by molar-refractivity contribution is -0.123. The average molecular weight is 373 g/mol. The monoisotopic (exact) mass is 372 g/mol. The van der Waals surface area contributed by atoms with Gasteiger partial charge in [-0.3, -0.25) is 14.5 Å². The van der Waals surface area contributed by atoms with Gasteiger partial charge in [0.15, 0.2) is 6.61 Å². The van der Waals surface area contributed by atoms with Gasteiger partial charge in [0, 0.05) is 30.9 Å². The van der Waals surface area contributed by atoms with Gasteiger partial charge in [-0.15, -0.1) is 0 Å². The summed E-state index contributed by atoms with van der Waals surface area (Å²) < 4.78 is 7.50. The van der Waals surface area contributed by atoms with Gasteiger partial charge in [0.25, 0.3) is 5.91 Å². The van der Waals surface area contributed by atoms with Crippen molar-refractivity contribution < 1.29 is 9.53 Å². The van der Waals surface area contributed by atoms with Crippen LogP contribution in [-0.2, 0) is 18.3 Å². The molecule has 0 unspecified atom stereocenters. The van der Waals surface area contributed by atoms with Crippen LogP contribution in [0.15, 0.2) is 30.5 Å². The van der Waals surface area contributed by atoms with Crippen molar-refractivity contribution in [3.63, 3.8) is 0 Å². The summed E-state index contributed by atoms with van der Waals surface area (Å²) in [5.74, 6) is 0.363. The summed E-state index contributed by atoms with van der Waals surface area (Å²) in [6.07, 6.45) is 2.41. The molecule has 0 saturated carbocycles. The number of pyridine rings is 1. The van der Waals surface area contributed by atoms with Crippen molar-refractivity contribution >= 4 is 28.4 Å². The molecule has 7 heteroatoms. The van der Waals surface area contributed by atoms with Crippen molar-refractivity contribution in [3.05, 3.63) is 52.4 Å². The lowest BCUT2D eigenvalue weighted by Gasteiger charge is -2.10. The Labute approximate surface area is 157 Å². The molecule has 1 aromatic carbocycles. The average Bonchev–Trinajstić information content (AvgIpc) is 2.87. The summed E-state index contributed by atoms with van der Waals surface area (Å²) in [6, 6.07) is 7.16. The Balaban J connectivity index is 1.56. The smallest absolute Gasteiger partial charge is 0.257 e. The SMILES string of the molecule is Cc1nn(C)c(C)c1CCNC(=O)COc1ccc(Cl)c2cccnc12. The molecular formula is C19H21ClN4O2. The van der Waals surface area contributed by atoms with Crippen molar-refractivity contribution in [2.75, 3.05) is 13.2 Å². The first-order valence-corrected chi connectivity index (χ1v) is 8.77. The van der Waals surface area contributed by atoms with Crippen LogP contribution in [0.3, 0.4) is 0 Å². The van der Waals surface area contributed by atoms with E-state index in [0.29, 0.717) is 22.8 Å². The molecule has 0 spiro atoms. The van der Waals surface area contributed by atoms with Gasteiger partial charge >= 0.3 is 0 Å². The molecule has 1 amide bonds. The van der Waals surface area contributed by atoms with E-state index >= 15 is 0 Å². The number of carbonyl (C=O) groups excluding carboxylic acids is 1. The van der Waals surface area contributed by atoms with Crippen molar-refractivity contribution in [3.8, 4) is 5.75 Å². The van der Waals surface area contributed by atoms with Crippen molar-refractivity contribution in [2.45, 2.75) is 20.3 Å². The number of hydrogen-bond donors (Lipinski definition) is 1. The zero-order valence-electron chi connectivity index (χ0n) is 15.0. The summed E-state index contributed by atoms with van der Waals surface area (Å²) in [5.41, 5.74) is 3.93. The number of benzene rings is 1. The number of aryl methyl sites for hydroxylation is 2. The van der Waals surface area contributed by atoms with E-state index in [9.17, 15) is 4.79 Å². The molecule has 136 valence electrons. The number of halogens is 1. The topological polar surface area (TPSA) is 69.0 Å². The largest absolute Gasteiger partial charge is 0.481 e. The van der Waals surface area contributed by atoms with Gasteiger partial charge in [0.05, 0.1) is 10.7 Å². The Morgan fingerprint density at radius 3 is 2.85 bits per heavy atom. The first kappa shape index (κ1) is 18.2. The van der Waals surface area contributed by atoms with E-state index < -0.39 is 0 Å². The maximum absolute atomic E-state index is 12.1. The highest BCUT2D eigenvalue weighted by atomic mass is 35.5. The molecule has 3 aromatic rings. The molecule has 0 fully saturated rings. The van der Waals surface area contributed by atoms with Gasteiger partial charge in [-0.2, -0.15) is 5.10 Å². The highest BCUT2D eigenvalue weighted by Crippen LogP contribution is 2.29. The molecule has 0 aliphatic carbocycles. The Hall–Kier alpha value is -2.60. The number of fused-ring (bicyclic) bond motifs is 1. The van der Waals surface area contributed by atoms with E-state index in [0.717, 1.165) is 23.2 Å². The Bertz CT molecular complexity index is 952. The third-order valence-electron chi connectivity index (χ3n) is 4.39. The minimum absolute atomic E-state index is 0.0711. The quantitative estimate of drug-likeness (QED) is 0.722. The maximum atomic E-state index is 12.1. The molecule has 6 nitrogen and oxygen atoms in total.